The normalized spacial score (nSPS) is 16.4. The number of aliphatic hydroxyl groups is 1. The molecule has 3 aromatic rings. The van der Waals surface area contributed by atoms with Crippen molar-refractivity contribution >= 4 is 22.6 Å². The highest BCUT2D eigenvalue weighted by Crippen LogP contribution is 2.34. The van der Waals surface area contributed by atoms with Gasteiger partial charge in [-0.05, 0) is 55.7 Å². The lowest BCUT2D eigenvalue weighted by molar-refractivity contribution is 0.0919. The summed E-state index contributed by atoms with van der Waals surface area (Å²) in [6.45, 7) is 2.68. The molecule has 4 rings (SSSR count). The number of fused-ring (bicyclic) bond motifs is 1. The van der Waals surface area contributed by atoms with E-state index >= 15 is 0 Å². The van der Waals surface area contributed by atoms with Gasteiger partial charge in [0.15, 0.2) is 0 Å². The van der Waals surface area contributed by atoms with Crippen LogP contribution < -0.4 is 4.74 Å². The molecule has 0 bridgehead atoms. The molecule has 1 fully saturated rings. The summed E-state index contributed by atoms with van der Waals surface area (Å²) >= 11 is 6.01. The summed E-state index contributed by atoms with van der Waals surface area (Å²) in [5.41, 5.74) is 3.06. The van der Waals surface area contributed by atoms with E-state index in [2.05, 4.69) is 16.7 Å². The van der Waals surface area contributed by atoms with Gasteiger partial charge < -0.3 is 14.4 Å². The predicted molar refractivity (Wildman–Crippen MR) is 113 cm³/mol. The van der Waals surface area contributed by atoms with Crippen molar-refractivity contribution in [1.82, 2.24) is 9.55 Å². The third-order valence-electron chi connectivity index (χ3n) is 5.62. The quantitative estimate of drug-likeness (QED) is 0.597. The van der Waals surface area contributed by atoms with Gasteiger partial charge in [0, 0.05) is 10.9 Å². The molecule has 1 aliphatic carbocycles. The molecule has 4 nitrogen and oxygen atoms in total. The summed E-state index contributed by atoms with van der Waals surface area (Å²) in [7, 11) is 0. The monoisotopic (exact) mass is 398 g/mol. The molecule has 5 heteroatoms. The fraction of sp³-hybridized carbons (Fsp3) is 0.435. The van der Waals surface area contributed by atoms with Gasteiger partial charge in [-0.2, -0.15) is 0 Å². The number of aliphatic hydroxyl groups excluding tert-OH is 1. The van der Waals surface area contributed by atoms with Gasteiger partial charge in [-0.25, -0.2) is 4.98 Å². The predicted octanol–water partition coefficient (Wildman–Crippen LogP) is 5.49. The molecular weight excluding hydrogens is 372 g/mol. The van der Waals surface area contributed by atoms with Crippen molar-refractivity contribution in [3.63, 3.8) is 0 Å². The molecule has 1 aromatic heterocycles. The van der Waals surface area contributed by atoms with Crippen molar-refractivity contribution < 1.29 is 9.84 Å². The number of imidazole rings is 1. The van der Waals surface area contributed by atoms with E-state index in [9.17, 15) is 5.11 Å². The number of aryl methyl sites for hydroxylation is 1. The number of ether oxygens (including phenoxy) is 1. The standard InChI is InChI=1S/C23H27ClN2O2/c1-16-13-18(24)11-12-22(16)28-15-19(27)14-26-21-10-6-5-9-20(21)25-23(26)17-7-3-2-4-8-17/h5-6,9-13,17,19,27H,2-4,7-8,14-15H2,1H3. The third kappa shape index (κ3) is 4.18. The zero-order valence-corrected chi connectivity index (χ0v) is 17.0. The summed E-state index contributed by atoms with van der Waals surface area (Å²) in [6, 6.07) is 13.7. The molecule has 28 heavy (non-hydrogen) atoms. The Bertz CT molecular complexity index is 947. The van der Waals surface area contributed by atoms with Crippen LogP contribution in [0.4, 0.5) is 0 Å². The van der Waals surface area contributed by atoms with Crippen LogP contribution in [0.15, 0.2) is 42.5 Å². The van der Waals surface area contributed by atoms with E-state index in [-0.39, 0.29) is 6.61 Å². The molecule has 1 N–H and O–H groups in total. The number of aromatic nitrogens is 2. The number of rotatable bonds is 6. The Morgan fingerprint density at radius 3 is 2.75 bits per heavy atom. The first-order valence-electron chi connectivity index (χ1n) is 10.1. The SMILES string of the molecule is Cc1cc(Cl)ccc1OCC(O)Cn1c(C2CCCCC2)nc2ccccc21. The summed E-state index contributed by atoms with van der Waals surface area (Å²) < 4.78 is 8.06. The number of hydrogen-bond donors (Lipinski definition) is 1. The second-order valence-electron chi connectivity index (χ2n) is 7.78. The highest BCUT2D eigenvalue weighted by atomic mass is 35.5. The first-order valence-corrected chi connectivity index (χ1v) is 10.5. The van der Waals surface area contributed by atoms with E-state index in [4.69, 9.17) is 21.3 Å². The molecule has 0 saturated heterocycles. The maximum Gasteiger partial charge on any atom is 0.122 e. The van der Waals surface area contributed by atoms with Crippen LogP contribution in [-0.4, -0.2) is 27.4 Å². The molecule has 0 aliphatic heterocycles. The molecule has 1 heterocycles. The van der Waals surface area contributed by atoms with Crippen molar-refractivity contribution in [3.05, 3.63) is 58.9 Å². The summed E-state index contributed by atoms with van der Waals surface area (Å²) in [5, 5.41) is 11.4. The van der Waals surface area contributed by atoms with Crippen LogP contribution in [0.3, 0.4) is 0 Å². The Balaban J connectivity index is 1.52. The van der Waals surface area contributed by atoms with Crippen LogP contribution in [0.25, 0.3) is 11.0 Å². The van der Waals surface area contributed by atoms with Gasteiger partial charge >= 0.3 is 0 Å². The van der Waals surface area contributed by atoms with Crippen molar-refractivity contribution in [3.8, 4) is 5.75 Å². The topological polar surface area (TPSA) is 47.3 Å². The van der Waals surface area contributed by atoms with Gasteiger partial charge in [0.2, 0.25) is 0 Å². The minimum Gasteiger partial charge on any atom is -0.491 e. The number of benzene rings is 2. The molecule has 0 radical (unpaired) electrons. The van der Waals surface area contributed by atoms with Crippen LogP contribution >= 0.6 is 11.6 Å². The molecule has 1 atom stereocenters. The first kappa shape index (κ1) is 19.3. The van der Waals surface area contributed by atoms with Crippen LogP contribution in [0, 0.1) is 6.92 Å². The van der Waals surface area contributed by atoms with Crippen LogP contribution in [-0.2, 0) is 6.54 Å². The smallest absolute Gasteiger partial charge is 0.122 e. The average Bonchev–Trinajstić information content (AvgIpc) is 3.06. The molecule has 0 spiro atoms. The van der Waals surface area contributed by atoms with Gasteiger partial charge in [-0.3, -0.25) is 0 Å². The Morgan fingerprint density at radius 2 is 1.96 bits per heavy atom. The maximum atomic E-state index is 10.7. The summed E-state index contributed by atoms with van der Waals surface area (Å²) in [5.74, 6) is 2.35. The lowest BCUT2D eigenvalue weighted by atomic mass is 9.88. The fourth-order valence-electron chi connectivity index (χ4n) is 4.18. The van der Waals surface area contributed by atoms with E-state index in [1.807, 2.05) is 31.2 Å². The van der Waals surface area contributed by atoms with Crippen LogP contribution in [0.1, 0.15) is 49.4 Å². The number of nitrogens with zero attached hydrogens (tertiary/aromatic N) is 2. The largest absolute Gasteiger partial charge is 0.491 e. The van der Waals surface area contributed by atoms with Gasteiger partial charge in [0.1, 0.15) is 24.3 Å². The highest BCUT2D eigenvalue weighted by Gasteiger charge is 2.23. The Morgan fingerprint density at radius 1 is 1.18 bits per heavy atom. The zero-order chi connectivity index (χ0) is 19.5. The Hall–Kier alpha value is -2.04. The molecule has 1 saturated carbocycles. The van der Waals surface area contributed by atoms with Crippen molar-refractivity contribution in [2.24, 2.45) is 0 Å². The molecule has 2 aromatic carbocycles. The highest BCUT2D eigenvalue weighted by molar-refractivity contribution is 6.30. The molecule has 0 amide bonds. The van der Waals surface area contributed by atoms with Gasteiger partial charge in [-0.1, -0.05) is 43.0 Å². The average molecular weight is 399 g/mol. The van der Waals surface area contributed by atoms with Gasteiger partial charge in [-0.15, -0.1) is 0 Å². The first-order chi connectivity index (χ1) is 13.6. The summed E-state index contributed by atoms with van der Waals surface area (Å²) in [4.78, 5) is 4.93. The molecular formula is C23H27ClN2O2. The van der Waals surface area contributed by atoms with Gasteiger partial charge in [0.05, 0.1) is 17.6 Å². The lowest BCUT2D eigenvalue weighted by Gasteiger charge is -2.23. The Kier molecular flexibility index (Phi) is 5.88. The van der Waals surface area contributed by atoms with E-state index < -0.39 is 6.10 Å². The van der Waals surface area contributed by atoms with Crippen LogP contribution in [0.5, 0.6) is 5.75 Å². The van der Waals surface area contributed by atoms with Crippen molar-refractivity contribution in [2.75, 3.05) is 6.61 Å². The van der Waals surface area contributed by atoms with Gasteiger partial charge in [0.25, 0.3) is 0 Å². The van der Waals surface area contributed by atoms with E-state index in [1.165, 1.54) is 32.1 Å². The zero-order valence-electron chi connectivity index (χ0n) is 16.3. The molecule has 148 valence electrons. The number of halogens is 1. The van der Waals surface area contributed by atoms with Crippen LogP contribution in [0.2, 0.25) is 5.02 Å². The van der Waals surface area contributed by atoms with E-state index in [0.717, 1.165) is 28.2 Å². The lowest BCUT2D eigenvalue weighted by Crippen LogP contribution is -2.25. The van der Waals surface area contributed by atoms with Crippen molar-refractivity contribution in [1.29, 1.82) is 0 Å². The molecule has 1 unspecified atom stereocenters. The maximum absolute atomic E-state index is 10.7. The Labute approximate surface area is 171 Å². The molecule has 1 aliphatic rings. The van der Waals surface area contributed by atoms with E-state index in [0.29, 0.717) is 17.5 Å². The number of hydrogen-bond acceptors (Lipinski definition) is 3. The van der Waals surface area contributed by atoms with Crippen molar-refractivity contribution in [2.45, 2.75) is 57.6 Å². The minimum atomic E-state index is -0.616. The summed E-state index contributed by atoms with van der Waals surface area (Å²) in [6.07, 6.45) is 5.58. The second kappa shape index (κ2) is 8.54. The fourth-order valence-corrected chi connectivity index (χ4v) is 4.41. The third-order valence-corrected chi connectivity index (χ3v) is 5.85. The number of para-hydroxylation sites is 2. The minimum absolute atomic E-state index is 0.235. The van der Waals surface area contributed by atoms with E-state index in [1.54, 1.807) is 6.07 Å². The second-order valence-corrected chi connectivity index (χ2v) is 8.22.